The first kappa shape index (κ1) is 33.4. The summed E-state index contributed by atoms with van der Waals surface area (Å²) < 4.78 is 2.39. The van der Waals surface area contributed by atoms with Gasteiger partial charge in [-0.1, -0.05) is 109 Å². The number of rotatable bonds is 16. The van der Waals surface area contributed by atoms with Crippen LogP contribution in [0.2, 0.25) is 0 Å². The molecular weight excluding hydrogens is 549 g/mol. The minimum atomic E-state index is -0.224. The Morgan fingerprint density at radius 2 is 1.51 bits per heavy atom. The Morgan fingerprint density at radius 1 is 0.927 bits per heavy atom. The third-order valence-corrected chi connectivity index (χ3v) is 9.93. The zero-order valence-corrected chi connectivity index (χ0v) is 27.4. The summed E-state index contributed by atoms with van der Waals surface area (Å²) in [5.41, 5.74) is 1.41. The van der Waals surface area contributed by atoms with Crippen molar-refractivity contribution in [2.24, 2.45) is 5.92 Å². The Hall–Kier alpha value is -2.11. The van der Waals surface area contributed by atoms with Gasteiger partial charge >= 0.3 is 0 Å². The van der Waals surface area contributed by atoms with E-state index < -0.39 is 0 Å². The molecule has 3 heterocycles. The number of thioether (sulfide) groups is 1. The minimum absolute atomic E-state index is 0.0571. The average molecular weight is 599 g/mol. The largest absolute Gasteiger partial charge is 0.357 e. The molecule has 0 aromatic carbocycles. The summed E-state index contributed by atoms with van der Waals surface area (Å²) in [4.78, 5) is 31.6. The molecule has 0 bridgehead atoms. The fourth-order valence-electron chi connectivity index (χ4n) is 5.81. The van der Waals surface area contributed by atoms with Crippen LogP contribution < -0.4 is 10.5 Å². The number of amides is 1. The molecule has 0 spiro atoms. The molecule has 0 N–H and O–H groups in total. The van der Waals surface area contributed by atoms with Gasteiger partial charge in [0.25, 0.3) is 11.5 Å². The maximum Gasteiger partial charge on any atom is 0.270 e. The lowest BCUT2D eigenvalue weighted by atomic mass is 9.97. The topological polar surface area (TPSA) is 69.3 Å². The highest BCUT2D eigenvalue weighted by Crippen LogP contribution is 2.37. The molecular formula is C33H50N4O2S2. The Kier molecular flexibility index (Phi) is 13.9. The van der Waals surface area contributed by atoms with Crippen LogP contribution in [0.25, 0.3) is 6.08 Å². The summed E-state index contributed by atoms with van der Waals surface area (Å²) in [6.45, 7) is 11.4. The molecule has 2 saturated heterocycles. The maximum atomic E-state index is 13.5. The lowest BCUT2D eigenvalue weighted by Crippen LogP contribution is -2.39. The van der Waals surface area contributed by atoms with E-state index in [1.165, 1.54) is 63.1 Å². The standard InChI is InChI=1S/C33H50N4O2S2/c1-5-7-9-10-11-12-13-14-15-16-20-37-32(39)29(41-33(37)40)23-27-26(4)28(24-34)31(38)36(19-8-6-2)30(27)35-21-17-25(3)18-22-35/h23,25H,5-22H2,1-4H3. The van der Waals surface area contributed by atoms with E-state index in [-0.39, 0.29) is 17.0 Å². The quantitative estimate of drug-likeness (QED) is 0.109. The number of aromatic nitrogens is 1. The number of nitriles is 1. The minimum Gasteiger partial charge on any atom is -0.357 e. The van der Waals surface area contributed by atoms with Crippen LogP contribution >= 0.6 is 24.0 Å². The Labute approximate surface area is 257 Å². The van der Waals surface area contributed by atoms with E-state index in [4.69, 9.17) is 12.2 Å². The normalized spacial score (nSPS) is 17.2. The number of carbonyl (C=O) groups is 1. The van der Waals surface area contributed by atoms with Crippen molar-refractivity contribution in [2.75, 3.05) is 24.5 Å². The van der Waals surface area contributed by atoms with E-state index in [0.717, 1.165) is 63.0 Å². The summed E-state index contributed by atoms with van der Waals surface area (Å²) in [6.07, 6.45) is 18.3. The molecule has 2 aliphatic heterocycles. The molecule has 3 rings (SSSR count). The molecule has 6 nitrogen and oxygen atoms in total. The highest BCUT2D eigenvalue weighted by molar-refractivity contribution is 8.26. The van der Waals surface area contributed by atoms with Crippen molar-refractivity contribution >= 4 is 46.1 Å². The number of unbranched alkanes of at least 4 members (excludes halogenated alkanes) is 10. The van der Waals surface area contributed by atoms with Gasteiger partial charge in [-0.25, -0.2) is 0 Å². The van der Waals surface area contributed by atoms with Crippen molar-refractivity contribution in [1.82, 2.24) is 9.47 Å². The van der Waals surface area contributed by atoms with Crippen molar-refractivity contribution in [1.29, 1.82) is 5.26 Å². The smallest absolute Gasteiger partial charge is 0.270 e. The fraction of sp³-hybridized carbons (Fsp3) is 0.697. The van der Waals surface area contributed by atoms with Crippen LogP contribution in [0.1, 0.15) is 127 Å². The number of thiocarbonyl (C=S) groups is 1. The summed E-state index contributed by atoms with van der Waals surface area (Å²) in [7, 11) is 0. The van der Waals surface area contributed by atoms with Gasteiger partial charge < -0.3 is 4.90 Å². The lowest BCUT2D eigenvalue weighted by molar-refractivity contribution is -0.122. The van der Waals surface area contributed by atoms with Crippen LogP contribution in [0, 0.1) is 24.2 Å². The molecule has 8 heteroatoms. The molecule has 0 atom stereocenters. The summed E-state index contributed by atoms with van der Waals surface area (Å²) in [5.74, 6) is 1.44. The number of pyridine rings is 1. The molecule has 1 aromatic heterocycles. The van der Waals surface area contributed by atoms with E-state index in [9.17, 15) is 14.9 Å². The van der Waals surface area contributed by atoms with Crippen molar-refractivity contribution in [3.63, 3.8) is 0 Å². The summed E-state index contributed by atoms with van der Waals surface area (Å²) in [6, 6.07) is 2.16. The number of hydrogen-bond donors (Lipinski definition) is 0. The van der Waals surface area contributed by atoms with Gasteiger partial charge in [-0.05, 0) is 50.2 Å². The van der Waals surface area contributed by atoms with Crippen LogP contribution in [-0.2, 0) is 11.3 Å². The molecule has 1 amide bonds. The zero-order chi connectivity index (χ0) is 29.8. The summed E-state index contributed by atoms with van der Waals surface area (Å²) >= 11 is 6.99. The average Bonchev–Trinajstić information content (AvgIpc) is 3.23. The van der Waals surface area contributed by atoms with Crippen LogP contribution in [0.15, 0.2) is 9.70 Å². The van der Waals surface area contributed by atoms with E-state index in [0.29, 0.717) is 33.8 Å². The Bertz CT molecular complexity index is 1180. The lowest BCUT2D eigenvalue weighted by Gasteiger charge is -2.35. The van der Waals surface area contributed by atoms with Gasteiger partial charge in [0.1, 0.15) is 21.8 Å². The van der Waals surface area contributed by atoms with Crippen LogP contribution in [0.5, 0.6) is 0 Å². The van der Waals surface area contributed by atoms with Gasteiger partial charge in [0.15, 0.2) is 0 Å². The molecule has 0 aliphatic carbocycles. The molecule has 0 unspecified atom stereocenters. The van der Waals surface area contributed by atoms with Gasteiger partial charge in [-0.3, -0.25) is 19.1 Å². The van der Waals surface area contributed by atoms with Crippen molar-refractivity contribution < 1.29 is 4.79 Å². The second-order valence-electron chi connectivity index (χ2n) is 11.8. The molecule has 1 aromatic rings. The first-order valence-corrected chi connectivity index (χ1v) is 17.2. The van der Waals surface area contributed by atoms with Gasteiger partial charge in [-0.15, -0.1) is 0 Å². The zero-order valence-electron chi connectivity index (χ0n) is 25.8. The first-order valence-electron chi connectivity index (χ1n) is 16.0. The van der Waals surface area contributed by atoms with Crippen LogP contribution in [0.4, 0.5) is 5.82 Å². The monoisotopic (exact) mass is 598 g/mol. The first-order chi connectivity index (χ1) is 19.8. The second kappa shape index (κ2) is 17.1. The maximum absolute atomic E-state index is 13.5. The third kappa shape index (κ3) is 8.94. The molecule has 2 fully saturated rings. The number of anilines is 1. The van der Waals surface area contributed by atoms with Crippen molar-refractivity contribution in [3.8, 4) is 6.07 Å². The second-order valence-corrected chi connectivity index (χ2v) is 13.5. The highest BCUT2D eigenvalue weighted by Gasteiger charge is 2.33. The molecule has 226 valence electrons. The predicted octanol–water partition coefficient (Wildman–Crippen LogP) is 8.19. The SMILES string of the molecule is CCCCCCCCCCCCN1C(=O)C(=Cc2c(C)c(C#N)c(=O)n(CCCC)c2N2CCC(C)CC2)SC1=S. The third-order valence-electron chi connectivity index (χ3n) is 8.55. The molecule has 41 heavy (non-hydrogen) atoms. The molecule has 0 radical (unpaired) electrons. The predicted molar refractivity (Wildman–Crippen MR) is 177 cm³/mol. The highest BCUT2D eigenvalue weighted by atomic mass is 32.2. The van der Waals surface area contributed by atoms with E-state index >= 15 is 0 Å². The van der Waals surface area contributed by atoms with Gasteiger partial charge in [0, 0.05) is 31.7 Å². The van der Waals surface area contributed by atoms with Gasteiger partial charge in [0.05, 0.1) is 4.91 Å². The summed E-state index contributed by atoms with van der Waals surface area (Å²) in [5, 5.41) is 9.93. The van der Waals surface area contributed by atoms with E-state index in [1.807, 2.05) is 13.0 Å². The molecule has 0 saturated carbocycles. The number of piperidine rings is 1. The van der Waals surface area contributed by atoms with Gasteiger partial charge in [0.2, 0.25) is 0 Å². The van der Waals surface area contributed by atoms with E-state index in [2.05, 4.69) is 31.7 Å². The number of carbonyl (C=O) groups excluding carboxylic acids is 1. The number of hydrogen-bond acceptors (Lipinski definition) is 6. The Morgan fingerprint density at radius 3 is 2.10 bits per heavy atom. The van der Waals surface area contributed by atoms with Crippen molar-refractivity contribution in [2.45, 2.75) is 124 Å². The fourth-order valence-corrected chi connectivity index (χ4v) is 7.10. The van der Waals surface area contributed by atoms with Crippen LogP contribution in [-0.4, -0.2) is 39.3 Å². The Balaban J connectivity index is 1.77. The number of nitrogens with zero attached hydrogens (tertiary/aromatic N) is 4. The molecule has 2 aliphatic rings. The van der Waals surface area contributed by atoms with Crippen molar-refractivity contribution in [3.05, 3.63) is 31.9 Å². The van der Waals surface area contributed by atoms with Crippen LogP contribution in [0.3, 0.4) is 0 Å². The van der Waals surface area contributed by atoms with Gasteiger partial charge in [-0.2, -0.15) is 5.26 Å². The van der Waals surface area contributed by atoms with E-state index in [1.54, 1.807) is 9.47 Å².